The Balaban J connectivity index is 1.90. The van der Waals surface area contributed by atoms with Gasteiger partial charge in [0.15, 0.2) is 0 Å². The third-order valence-corrected chi connectivity index (χ3v) is 3.67. The van der Waals surface area contributed by atoms with Crippen LogP contribution in [0.5, 0.6) is 0 Å². The van der Waals surface area contributed by atoms with E-state index in [2.05, 4.69) is 15.6 Å². The first-order valence-electron chi connectivity index (χ1n) is 6.65. The summed E-state index contributed by atoms with van der Waals surface area (Å²) >= 11 is 0. The lowest BCUT2D eigenvalue weighted by atomic mass is 10.1. The Kier molecular flexibility index (Phi) is 2.57. The molecule has 1 atom stereocenters. The van der Waals surface area contributed by atoms with Gasteiger partial charge in [0.05, 0.1) is 17.6 Å². The molecule has 0 amide bonds. The zero-order valence-electron chi connectivity index (χ0n) is 10.8. The number of fused-ring (bicyclic) bond motifs is 3. The minimum absolute atomic E-state index is 0.251. The minimum atomic E-state index is -0.299. The Bertz CT molecular complexity index is 781. The van der Waals surface area contributed by atoms with Crippen LogP contribution in [0.15, 0.2) is 48.5 Å². The Morgan fingerprint density at radius 2 is 2.05 bits per heavy atom. The molecule has 4 heteroatoms. The highest BCUT2D eigenvalue weighted by Crippen LogP contribution is 2.31. The van der Waals surface area contributed by atoms with E-state index < -0.39 is 0 Å². The van der Waals surface area contributed by atoms with Crippen LogP contribution in [0.2, 0.25) is 0 Å². The maximum absolute atomic E-state index is 13.4. The second kappa shape index (κ2) is 4.42. The number of para-hydroxylation sites is 2. The molecule has 20 heavy (non-hydrogen) atoms. The molecular formula is C16H13FN2O. The third-order valence-electron chi connectivity index (χ3n) is 3.67. The van der Waals surface area contributed by atoms with Gasteiger partial charge in [-0.1, -0.05) is 24.3 Å². The first kappa shape index (κ1) is 11.6. The van der Waals surface area contributed by atoms with Gasteiger partial charge in [-0.3, -0.25) is 0 Å². The van der Waals surface area contributed by atoms with Crippen LogP contribution in [0.4, 0.5) is 4.39 Å². The van der Waals surface area contributed by atoms with Crippen LogP contribution in [-0.4, -0.2) is 16.2 Å². The number of rotatable bonds is 1. The van der Waals surface area contributed by atoms with E-state index in [1.807, 2.05) is 24.3 Å². The summed E-state index contributed by atoms with van der Waals surface area (Å²) in [5.74, 6) is 0.599. The van der Waals surface area contributed by atoms with Crippen molar-refractivity contribution in [1.29, 1.82) is 0 Å². The van der Waals surface area contributed by atoms with Gasteiger partial charge in [-0.05, 0) is 29.8 Å². The molecule has 0 fully saturated rings. The predicted molar refractivity (Wildman–Crippen MR) is 73.9 cm³/mol. The molecule has 0 spiro atoms. The van der Waals surface area contributed by atoms with Crippen LogP contribution in [0.3, 0.4) is 0 Å². The van der Waals surface area contributed by atoms with Crippen molar-refractivity contribution in [2.24, 2.45) is 0 Å². The number of ether oxygens (including phenoxy) is 1. The van der Waals surface area contributed by atoms with Crippen molar-refractivity contribution in [3.8, 4) is 0 Å². The molecule has 1 aliphatic rings. The second-order valence-electron chi connectivity index (χ2n) is 4.92. The summed E-state index contributed by atoms with van der Waals surface area (Å²) in [7, 11) is 0. The second-order valence-corrected chi connectivity index (χ2v) is 4.92. The molecule has 3 aromatic rings. The molecule has 0 radical (unpaired) electrons. The maximum Gasteiger partial charge on any atom is 0.143 e. The van der Waals surface area contributed by atoms with E-state index in [-0.39, 0.29) is 11.9 Å². The van der Waals surface area contributed by atoms with Crippen LogP contribution in [0.1, 0.15) is 17.5 Å². The molecular weight excluding hydrogens is 255 g/mol. The van der Waals surface area contributed by atoms with Gasteiger partial charge in [0.25, 0.3) is 0 Å². The number of benzene rings is 2. The zero-order valence-corrected chi connectivity index (χ0v) is 10.8. The zero-order chi connectivity index (χ0) is 13.5. The van der Waals surface area contributed by atoms with E-state index in [9.17, 15) is 4.39 Å². The third kappa shape index (κ3) is 1.72. The monoisotopic (exact) mass is 268 g/mol. The Morgan fingerprint density at radius 1 is 1.15 bits per heavy atom. The predicted octanol–water partition coefficient (Wildman–Crippen LogP) is 3.30. The van der Waals surface area contributed by atoms with E-state index in [4.69, 9.17) is 4.74 Å². The van der Waals surface area contributed by atoms with Gasteiger partial charge < -0.3 is 9.30 Å². The number of nitrogens with zero attached hydrogens (tertiary/aromatic N) is 2. The fourth-order valence-electron chi connectivity index (χ4n) is 2.78. The summed E-state index contributed by atoms with van der Waals surface area (Å²) in [6.45, 7) is 1.39. The SMILES string of the molecule is Fc1cccc(C2OCCn3c2nc2ccccc23)c1. The highest BCUT2D eigenvalue weighted by molar-refractivity contribution is 5.76. The van der Waals surface area contributed by atoms with Crippen molar-refractivity contribution in [3.63, 3.8) is 0 Å². The van der Waals surface area contributed by atoms with Gasteiger partial charge in [0.2, 0.25) is 0 Å². The first-order chi connectivity index (χ1) is 9.83. The summed E-state index contributed by atoms with van der Waals surface area (Å²) in [5, 5.41) is 0. The quantitative estimate of drug-likeness (QED) is 0.677. The van der Waals surface area contributed by atoms with Crippen molar-refractivity contribution < 1.29 is 9.13 Å². The van der Waals surface area contributed by atoms with Gasteiger partial charge in [-0.15, -0.1) is 0 Å². The van der Waals surface area contributed by atoms with E-state index in [0.717, 1.165) is 29.0 Å². The van der Waals surface area contributed by atoms with Gasteiger partial charge in [-0.2, -0.15) is 0 Å². The van der Waals surface area contributed by atoms with Gasteiger partial charge in [-0.25, -0.2) is 9.37 Å². The smallest absolute Gasteiger partial charge is 0.143 e. The molecule has 1 aromatic heterocycles. The fourth-order valence-corrected chi connectivity index (χ4v) is 2.78. The molecule has 2 heterocycles. The number of halogens is 1. The van der Waals surface area contributed by atoms with E-state index in [1.54, 1.807) is 6.07 Å². The minimum Gasteiger partial charge on any atom is -0.364 e. The van der Waals surface area contributed by atoms with Crippen molar-refractivity contribution >= 4 is 11.0 Å². The van der Waals surface area contributed by atoms with Crippen molar-refractivity contribution in [3.05, 3.63) is 65.7 Å². The molecule has 3 nitrogen and oxygen atoms in total. The first-order valence-corrected chi connectivity index (χ1v) is 6.65. The lowest BCUT2D eigenvalue weighted by Gasteiger charge is -2.24. The molecule has 0 saturated carbocycles. The summed E-state index contributed by atoms with van der Waals surface area (Å²) in [6.07, 6.45) is -0.299. The van der Waals surface area contributed by atoms with Crippen LogP contribution < -0.4 is 0 Å². The van der Waals surface area contributed by atoms with Crippen molar-refractivity contribution in [2.45, 2.75) is 12.6 Å². The summed E-state index contributed by atoms with van der Waals surface area (Å²) < 4.78 is 21.4. The summed E-state index contributed by atoms with van der Waals surface area (Å²) in [5.41, 5.74) is 2.86. The van der Waals surface area contributed by atoms with Crippen LogP contribution in [-0.2, 0) is 11.3 Å². The Hall–Kier alpha value is -2.20. The molecule has 0 bridgehead atoms. The molecule has 4 rings (SSSR count). The Morgan fingerprint density at radius 3 is 2.95 bits per heavy atom. The lowest BCUT2D eigenvalue weighted by Crippen LogP contribution is -2.22. The average molecular weight is 268 g/mol. The summed E-state index contributed by atoms with van der Waals surface area (Å²) in [4.78, 5) is 4.66. The lowest BCUT2D eigenvalue weighted by molar-refractivity contribution is 0.0441. The van der Waals surface area contributed by atoms with Crippen LogP contribution in [0.25, 0.3) is 11.0 Å². The Labute approximate surface area is 115 Å². The van der Waals surface area contributed by atoms with Crippen LogP contribution >= 0.6 is 0 Å². The number of hydrogen-bond donors (Lipinski definition) is 0. The number of imidazole rings is 1. The van der Waals surface area contributed by atoms with Gasteiger partial charge in [0.1, 0.15) is 17.7 Å². The van der Waals surface area contributed by atoms with E-state index in [0.29, 0.717) is 6.61 Å². The summed E-state index contributed by atoms with van der Waals surface area (Å²) in [6, 6.07) is 14.6. The van der Waals surface area contributed by atoms with E-state index >= 15 is 0 Å². The maximum atomic E-state index is 13.4. The molecule has 2 aromatic carbocycles. The molecule has 0 saturated heterocycles. The largest absolute Gasteiger partial charge is 0.364 e. The highest BCUT2D eigenvalue weighted by Gasteiger charge is 2.26. The van der Waals surface area contributed by atoms with E-state index in [1.165, 1.54) is 12.1 Å². The molecule has 1 unspecified atom stereocenters. The van der Waals surface area contributed by atoms with Gasteiger partial charge >= 0.3 is 0 Å². The topological polar surface area (TPSA) is 27.1 Å². The average Bonchev–Trinajstić information content (AvgIpc) is 2.86. The molecule has 0 N–H and O–H groups in total. The van der Waals surface area contributed by atoms with Gasteiger partial charge in [0, 0.05) is 6.54 Å². The molecule has 100 valence electrons. The van der Waals surface area contributed by atoms with Crippen LogP contribution in [0, 0.1) is 5.82 Å². The van der Waals surface area contributed by atoms with Crippen molar-refractivity contribution in [2.75, 3.05) is 6.61 Å². The molecule has 0 aliphatic carbocycles. The molecule has 1 aliphatic heterocycles. The normalized spacial score (nSPS) is 18.1. The number of hydrogen-bond acceptors (Lipinski definition) is 2. The highest BCUT2D eigenvalue weighted by atomic mass is 19.1. The standard InChI is InChI=1S/C16H13FN2O/c17-12-5-3-4-11(10-12)15-16-18-13-6-1-2-7-14(13)19(16)8-9-20-15/h1-7,10,15H,8-9H2. The van der Waals surface area contributed by atoms with Crippen molar-refractivity contribution in [1.82, 2.24) is 9.55 Å². The number of aromatic nitrogens is 2. The fraction of sp³-hybridized carbons (Fsp3) is 0.188.